The smallest absolute Gasteiger partial charge is 0.133 e. The van der Waals surface area contributed by atoms with Crippen LogP contribution in [0.1, 0.15) is 38.7 Å². The summed E-state index contributed by atoms with van der Waals surface area (Å²) in [6.07, 6.45) is 3.27. The van der Waals surface area contributed by atoms with Crippen molar-refractivity contribution in [3.63, 3.8) is 0 Å². The Morgan fingerprint density at radius 1 is 1.00 bits per heavy atom. The van der Waals surface area contributed by atoms with Gasteiger partial charge < -0.3 is 0 Å². The van der Waals surface area contributed by atoms with Crippen LogP contribution in [0.3, 0.4) is 0 Å². The van der Waals surface area contributed by atoms with Gasteiger partial charge >= 0.3 is 0 Å². The van der Waals surface area contributed by atoms with E-state index in [1.807, 2.05) is 0 Å². The molecule has 0 bridgehead atoms. The Kier molecular flexibility index (Phi) is 4.73. The highest BCUT2D eigenvalue weighted by Gasteiger charge is 2.05. The van der Waals surface area contributed by atoms with E-state index in [0.717, 1.165) is 19.3 Å². The molecule has 2 aromatic rings. The number of hydrogen-bond acceptors (Lipinski definition) is 1. The second kappa shape index (κ2) is 6.51. The fourth-order valence-corrected chi connectivity index (χ4v) is 2.25. The number of fused-ring (bicyclic) bond motifs is 1. The first-order valence-electron chi connectivity index (χ1n) is 7.14. The van der Waals surface area contributed by atoms with E-state index in [4.69, 9.17) is 0 Å². The molecule has 19 heavy (non-hydrogen) atoms. The lowest BCUT2D eigenvalue weighted by Gasteiger charge is -2.05. The van der Waals surface area contributed by atoms with Gasteiger partial charge in [-0.25, -0.2) is 0 Å². The summed E-state index contributed by atoms with van der Waals surface area (Å²) in [5, 5.41) is 2.52. The van der Waals surface area contributed by atoms with Crippen molar-refractivity contribution in [2.75, 3.05) is 0 Å². The lowest BCUT2D eigenvalue weighted by Crippen LogP contribution is -2.02. The Morgan fingerprint density at radius 3 is 2.47 bits per heavy atom. The largest absolute Gasteiger partial charge is 0.300 e. The zero-order valence-corrected chi connectivity index (χ0v) is 11.9. The van der Waals surface area contributed by atoms with Crippen molar-refractivity contribution >= 4 is 16.6 Å². The Labute approximate surface area is 115 Å². The van der Waals surface area contributed by atoms with Gasteiger partial charge in [-0.1, -0.05) is 56.3 Å². The number of aryl methyl sites for hydroxylation is 1. The zero-order valence-electron chi connectivity index (χ0n) is 11.9. The molecule has 0 saturated carbocycles. The molecule has 0 radical (unpaired) electrons. The van der Waals surface area contributed by atoms with E-state index in [0.29, 0.717) is 18.1 Å². The molecule has 1 nitrogen and oxygen atoms in total. The van der Waals surface area contributed by atoms with Crippen molar-refractivity contribution in [3.8, 4) is 0 Å². The molecule has 0 saturated heterocycles. The molecule has 2 rings (SSSR count). The van der Waals surface area contributed by atoms with E-state index in [1.54, 1.807) is 0 Å². The standard InChI is InChI=1S/C18H22O/c1-14(2)7-11-18(19)12-9-15-8-10-16-5-3-4-6-17(16)13-15/h3-6,8,10,13-14H,7,9,11-12H2,1-2H3. The highest BCUT2D eigenvalue weighted by Crippen LogP contribution is 2.17. The summed E-state index contributed by atoms with van der Waals surface area (Å²) < 4.78 is 0. The monoisotopic (exact) mass is 254 g/mol. The van der Waals surface area contributed by atoms with Crippen molar-refractivity contribution in [1.29, 1.82) is 0 Å². The van der Waals surface area contributed by atoms with Gasteiger partial charge in [-0.2, -0.15) is 0 Å². The molecule has 0 heterocycles. The molecule has 0 N–H and O–H groups in total. The van der Waals surface area contributed by atoms with Crippen LogP contribution in [0.4, 0.5) is 0 Å². The number of ketones is 1. The Bertz CT molecular complexity index is 554. The second-order valence-electron chi connectivity index (χ2n) is 5.65. The van der Waals surface area contributed by atoms with Gasteiger partial charge in [0.05, 0.1) is 0 Å². The second-order valence-corrected chi connectivity index (χ2v) is 5.65. The average molecular weight is 254 g/mol. The van der Waals surface area contributed by atoms with Gasteiger partial charge in [0.2, 0.25) is 0 Å². The van der Waals surface area contributed by atoms with Gasteiger partial charge in [0.25, 0.3) is 0 Å². The van der Waals surface area contributed by atoms with E-state index >= 15 is 0 Å². The van der Waals surface area contributed by atoms with Crippen LogP contribution in [-0.4, -0.2) is 5.78 Å². The van der Waals surface area contributed by atoms with Gasteiger partial charge in [-0.05, 0) is 35.1 Å². The van der Waals surface area contributed by atoms with Crippen LogP contribution < -0.4 is 0 Å². The summed E-state index contributed by atoms with van der Waals surface area (Å²) in [6, 6.07) is 14.8. The first-order valence-corrected chi connectivity index (χ1v) is 7.14. The minimum absolute atomic E-state index is 0.391. The number of rotatable bonds is 6. The first-order chi connectivity index (χ1) is 9.15. The van der Waals surface area contributed by atoms with Gasteiger partial charge in [-0.3, -0.25) is 4.79 Å². The molecule has 0 fully saturated rings. The number of hydrogen-bond donors (Lipinski definition) is 0. The van der Waals surface area contributed by atoms with Crippen LogP contribution >= 0.6 is 0 Å². The third-order valence-electron chi connectivity index (χ3n) is 3.51. The van der Waals surface area contributed by atoms with E-state index in [9.17, 15) is 4.79 Å². The summed E-state index contributed by atoms with van der Waals surface area (Å²) in [6.45, 7) is 4.33. The van der Waals surface area contributed by atoms with E-state index in [2.05, 4.69) is 56.3 Å². The molecule has 0 aromatic heterocycles. The third-order valence-corrected chi connectivity index (χ3v) is 3.51. The molecular weight excluding hydrogens is 232 g/mol. The molecular formula is C18H22O. The van der Waals surface area contributed by atoms with Crippen LogP contribution in [0.2, 0.25) is 0 Å². The van der Waals surface area contributed by atoms with Crippen LogP contribution in [0.5, 0.6) is 0 Å². The van der Waals surface area contributed by atoms with Crippen molar-refractivity contribution in [2.24, 2.45) is 5.92 Å². The minimum Gasteiger partial charge on any atom is -0.300 e. The fraction of sp³-hybridized carbons (Fsp3) is 0.389. The Hall–Kier alpha value is -1.63. The number of benzene rings is 2. The number of Topliss-reactive ketones (excluding diaryl/α,β-unsaturated/α-hetero) is 1. The highest BCUT2D eigenvalue weighted by molar-refractivity contribution is 5.83. The molecule has 100 valence electrons. The molecule has 2 aromatic carbocycles. The molecule has 0 spiro atoms. The predicted molar refractivity (Wildman–Crippen MR) is 81.3 cm³/mol. The van der Waals surface area contributed by atoms with Crippen molar-refractivity contribution in [1.82, 2.24) is 0 Å². The molecule has 0 aliphatic carbocycles. The fourth-order valence-electron chi connectivity index (χ4n) is 2.25. The van der Waals surface area contributed by atoms with Crippen LogP contribution in [-0.2, 0) is 11.2 Å². The first kappa shape index (κ1) is 13.8. The zero-order chi connectivity index (χ0) is 13.7. The Morgan fingerprint density at radius 2 is 1.74 bits per heavy atom. The molecule has 1 heteroatoms. The maximum atomic E-state index is 11.8. The summed E-state index contributed by atoms with van der Waals surface area (Å²) >= 11 is 0. The summed E-state index contributed by atoms with van der Waals surface area (Å²) in [7, 11) is 0. The summed E-state index contributed by atoms with van der Waals surface area (Å²) in [5.74, 6) is 1.01. The van der Waals surface area contributed by atoms with Gasteiger partial charge in [-0.15, -0.1) is 0 Å². The van der Waals surface area contributed by atoms with Crippen molar-refractivity contribution in [3.05, 3.63) is 48.0 Å². The molecule has 0 unspecified atom stereocenters. The minimum atomic E-state index is 0.391. The number of carbonyl (C=O) groups excluding carboxylic acids is 1. The predicted octanol–water partition coefficient (Wildman–Crippen LogP) is 4.78. The van der Waals surface area contributed by atoms with Crippen LogP contribution in [0, 0.1) is 5.92 Å². The normalized spacial score (nSPS) is 11.1. The summed E-state index contributed by atoms with van der Waals surface area (Å²) in [5.41, 5.74) is 1.26. The van der Waals surface area contributed by atoms with Gasteiger partial charge in [0.1, 0.15) is 5.78 Å². The lowest BCUT2D eigenvalue weighted by atomic mass is 9.99. The van der Waals surface area contributed by atoms with Crippen molar-refractivity contribution in [2.45, 2.75) is 39.5 Å². The summed E-state index contributed by atoms with van der Waals surface area (Å²) in [4.78, 5) is 11.8. The van der Waals surface area contributed by atoms with E-state index in [-0.39, 0.29) is 0 Å². The lowest BCUT2D eigenvalue weighted by molar-refractivity contribution is -0.119. The quantitative estimate of drug-likeness (QED) is 0.725. The van der Waals surface area contributed by atoms with Gasteiger partial charge in [0.15, 0.2) is 0 Å². The highest BCUT2D eigenvalue weighted by atomic mass is 16.1. The molecule has 0 atom stereocenters. The third kappa shape index (κ3) is 4.20. The van der Waals surface area contributed by atoms with Crippen molar-refractivity contribution < 1.29 is 4.79 Å². The number of carbonyl (C=O) groups is 1. The topological polar surface area (TPSA) is 17.1 Å². The molecule has 0 aliphatic rings. The van der Waals surface area contributed by atoms with E-state index in [1.165, 1.54) is 16.3 Å². The SMILES string of the molecule is CC(C)CCC(=O)CCc1ccc2ccccc2c1. The Balaban J connectivity index is 1.92. The maximum absolute atomic E-state index is 11.8. The maximum Gasteiger partial charge on any atom is 0.133 e. The van der Waals surface area contributed by atoms with Gasteiger partial charge in [0, 0.05) is 12.8 Å². The average Bonchev–Trinajstić information content (AvgIpc) is 2.42. The molecule has 0 amide bonds. The molecule has 0 aliphatic heterocycles. The van der Waals surface area contributed by atoms with Crippen LogP contribution in [0.25, 0.3) is 10.8 Å². The van der Waals surface area contributed by atoms with E-state index < -0.39 is 0 Å². The van der Waals surface area contributed by atoms with Crippen LogP contribution in [0.15, 0.2) is 42.5 Å².